The van der Waals surface area contributed by atoms with Crippen molar-refractivity contribution in [3.8, 4) is 22.9 Å². The fourth-order valence-corrected chi connectivity index (χ4v) is 6.12. The number of likely N-dealkylation sites (tertiary alicyclic amines) is 1. The van der Waals surface area contributed by atoms with Gasteiger partial charge in [-0.15, -0.1) is 0 Å². The molecule has 1 fully saturated rings. The van der Waals surface area contributed by atoms with Gasteiger partial charge in [-0.2, -0.15) is 0 Å². The molecule has 0 spiro atoms. The maximum atomic E-state index is 13.0. The number of rotatable bonds is 8. The second-order valence-corrected chi connectivity index (χ2v) is 13.0. The zero-order valence-electron chi connectivity index (χ0n) is 26.4. The van der Waals surface area contributed by atoms with Gasteiger partial charge < -0.3 is 19.2 Å². The molecule has 4 aromatic carbocycles. The van der Waals surface area contributed by atoms with Crippen LogP contribution >= 0.6 is 0 Å². The molecule has 6 aromatic rings. The first-order valence-corrected chi connectivity index (χ1v) is 15.8. The zero-order valence-corrected chi connectivity index (χ0v) is 26.4. The Kier molecular flexibility index (Phi) is 7.64. The summed E-state index contributed by atoms with van der Waals surface area (Å²) in [5.74, 6) is 2.42. The molecule has 0 unspecified atom stereocenters. The molecule has 2 aromatic heterocycles. The SMILES string of the molecule is CC(C)(C)c1ccc(Oc2cccc(-c3nc4cc5[nH]c(=O)c(Cc6ccccc6)nc5cc4n3CCN3CCCC3=O)c2)cc1. The smallest absolute Gasteiger partial charge is 0.270 e. The Morgan fingerprint density at radius 2 is 1.63 bits per heavy atom. The molecule has 1 amide bonds. The van der Waals surface area contributed by atoms with Crippen LogP contribution < -0.4 is 10.3 Å². The van der Waals surface area contributed by atoms with Gasteiger partial charge in [0.25, 0.3) is 5.56 Å². The maximum Gasteiger partial charge on any atom is 0.270 e. The van der Waals surface area contributed by atoms with E-state index in [-0.39, 0.29) is 16.9 Å². The number of aromatic amines is 1. The third-order valence-electron chi connectivity index (χ3n) is 8.66. The highest BCUT2D eigenvalue weighted by molar-refractivity contribution is 5.93. The molecule has 0 radical (unpaired) electrons. The number of hydrogen-bond donors (Lipinski definition) is 1. The van der Waals surface area contributed by atoms with E-state index in [1.54, 1.807) is 0 Å². The monoisotopic (exact) mass is 611 g/mol. The van der Waals surface area contributed by atoms with Crippen molar-refractivity contribution in [2.45, 2.75) is 52.0 Å². The third kappa shape index (κ3) is 6.03. The van der Waals surface area contributed by atoms with Gasteiger partial charge in [-0.1, -0.05) is 75.4 Å². The molecule has 0 atom stereocenters. The van der Waals surface area contributed by atoms with Crippen LogP contribution in [0.2, 0.25) is 0 Å². The van der Waals surface area contributed by atoms with Crippen LogP contribution in [0.1, 0.15) is 50.4 Å². The Hall–Kier alpha value is -5.24. The normalized spacial score (nSPS) is 13.6. The van der Waals surface area contributed by atoms with Gasteiger partial charge in [0.15, 0.2) is 0 Å². The average Bonchev–Trinajstić information content (AvgIpc) is 3.62. The van der Waals surface area contributed by atoms with Crippen molar-refractivity contribution in [1.82, 2.24) is 24.4 Å². The largest absolute Gasteiger partial charge is 0.457 e. The lowest BCUT2D eigenvalue weighted by Gasteiger charge is -2.19. The predicted molar refractivity (Wildman–Crippen MR) is 181 cm³/mol. The van der Waals surface area contributed by atoms with Gasteiger partial charge in [0, 0.05) is 38.0 Å². The van der Waals surface area contributed by atoms with Crippen LogP contribution in [-0.2, 0) is 23.2 Å². The van der Waals surface area contributed by atoms with Gasteiger partial charge in [-0.3, -0.25) is 9.59 Å². The molecule has 3 heterocycles. The summed E-state index contributed by atoms with van der Waals surface area (Å²) in [7, 11) is 0. The summed E-state index contributed by atoms with van der Waals surface area (Å²) in [6.07, 6.45) is 1.93. The van der Waals surface area contributed by atoms with Crippen LogP contribution in [0.5, 0.6) is 11.5 Å². The molecule has 1 aliphatic heterocycles. The minimum Gasteiger partial charge on any atom is -0.457 e. The highest BCUT2D eigenvalue weighted by atomic mass is 16.5. The van der Waals surface area contributed by atoms with Crippen LogP contribution in [0.4, 0.5) is 0 Å². The van der Waals surface area contributed by atoms with Crippen LogP contribution in [0.3, 0.4) is 0 Å². The second kappa shape index (κ2) is 11.9. The molecule has 232 valence electrons. The number of H-pyrrole nitrogens is 1. The Labute approximate surface area is 267 Å². The van der Waals surface area contributed by atoms with Crippen LogP contribution in [0.15, 0.2) is 95.8 Å². The first-order chi connectivity index (χ1) is 22.2. The number of ether oxygens (including phenoxy) is 1. The number of nitrogens with zero attached hydrogens (tertiary/aromatic N) is 4. The number of fused-ring (bicyclic) bond motifs is 2. The van der Waals surface area contributed by atoms with Gasteiger partial charge in [0.05, 0.1) is 22.1 Å². The molecule has 0 saturated carbocycles. The van der Waals surface area contributed by atoms with Crippen molar-refractivity contribution >= 4 is 28.0 Å². The number of hydrogen-bond acceptors (Lipinski definition) is 5. The van der Waals surface area contributed by atoms with E-state index in [0.717, 1.165) is 46.7 Å². The topological polar surface area (TPSA) is 93.1 Å². The van der Waals surface area contributed by atoms with Crippen LogP contribution in [0.25, 0.3) is 33.5 Å². The molecule has 46 heavy (non-hydrogen) atoms. The number of carbonyl (C=O) groups excluding carboxylic acids is 1. The number of amides is 1. The van der Waals surface area contributed by atoms with E-state index in [9.17, 15) is 9.59 Å². The van der Waals surface area contributed by atoms with Crippen molar-refractivity contribution in [3.63, 3.8) is 0 Å². The fraction of sp³-hybridized carbons (Fsp3) is 0.263. The van der Waals surface area contributed by atoms with Crippen LogP contribution in [0, 0.1) is 0 Å². The summed E-state index contributed by atoms with van der Waals surface area (Å²) >= 11 is 0. The Balaban J connectivity index is 1.27. The highest BCUT2D eigenvalue weighted by Gasteiger charge is 2.22. The average molecular weight is 612 g/mol. The quantitative estimate of drug-likeness (QED) is 0.196. The molecule has 0 aliphatic carbocycles. The van der Waals surface area contributed by atoms with E-state index in [4.69, 9.17) is 14.7 Å². The highest BCUT2D eigenvalue weighted by Crippen LogP contribution is 2.32. The number of benzene rings is 4. The first-order valence-electron chi connectivity index (χ1n) is 15.8. The molecule has 7 rings (SSSR count). The third-order valence-corrected chi connectivity index (χ3v) is 8.66. The van der Waals surface area contributed by atoms with Gasteiger partial charge in [-0.25, -0.2) is 9.97 Å². The van der Waals surface area contributed by atoms with Gasteiger partial charge in [-0.05, 0) is 59.4 Å². The van der Waals surface area contributed by atoms with Gasteiger partial charge in [0.2, 0.25) is 5.91 Å². The van der Waals surface area contributed by atoms with Crippen molar-refractivity contribution in [2.75, 3.05) is 13.1 Å². The molecule has 0 bridgehead atoms. The summed E-state index contributed by atoms with van der Waals surface area (Å²) in [5.41, 5.74) is 6.45. The molecule has 8 heteroatoms. The fourth-order valence-electron chi connectivity index (χ4n) is 6.12. The summed E-state index contributed by atoms with van der Waals surface area (Å²) in [5, 5.41) is 0. The summed E-state index contributed by atoms with van der Waals surface area (Å²) < 4.78 is 8.43. The number of nitrogens with one attached hydrogen (secondary N) is 1. The van der Waals surface area contributed by atoms with E-state index in [1.807, 2.05) is 83.8 Å². The summed E-state index contributed by atoms with van der Waals surface area (Å²) in [6, 6.07) is 29.9. The summed E-state index contributed by atoms with van der Waals surface area (Å²) in [4.78, 5) is 40.3. The first kappa shape index (κ1) is 29.5. The number of aromatic nitrogens is 4. The standard InChI is InChI=1S/C38H37N5O3/c1-38(2,3)27-14-16-28(17-15-27)46-29-12-7-11-26(22-29)36-40-32-23-30-31(24-34(32)43(36)20-19-42-18-8-13-35(42)44)39-33(37(45)41-30)21-25-9-5-4-6-10-25/h4-7,9-12,14-17,22-24H,8,13,18-21H2,1-3H3,(H,41,45). The second-order valence-electron chi connectivity index (χ2n) is 13.0. The van der Waals surface area contributed by atoms with Crippen molar-refractivity contribution in [2.24, 2.45) is 0 Å². The van der Waals surface area contributed by atoms with Crippen LogP contribution in [-0.4, -0.2) is 43.4 Å². The Bertz CT molecular complexity index is 2110. The molecule has 1 N–H and O–H groups in total. The number of imidazole rings is 1. The van der Waals surface area contributed by atoms with Crippen molar-refractivity contribution in [1.29, 1.82) is 0 Å². The van der Waals surface area contributed by atoms with E-state index >= 15 is 0 Å². The lowest BCUT2D eigenvalue weighted by molar-refractivity contribution is -0.127. The van der Waals surface area contributed by atoms with E-state index in [2.05, 4.69) is 42.5 Å². The summed E-state index contributed by atoms with van der Waals surface area (Å²) in [6.45, 7) is 8.51. The van der Waals surface area contributed by atoms with E-state index < -0.39 is 0 Å². The van der Waals surface area contributed by atoms with Crippen molar-refractivity contribution < 1.29 is 9.53 Å². The molecular weight excluding hydrogens is 574 g/mol. The predicted octanol–water partition coefficient (Wildman–Crippen LogP) is 7.24. The maximum absolute atomic E-state index is 13.0. The molecule has 8 nitrogen and oxygen atoms in total. The minimum absolute atomic E-state index is 0.0635. The molecule has 1 aliphatic rings. The zero-order chi connectivity index (χ0) is 31.8. The van der Waals surface area contributed by atoms with E-state index in [1.165, 1.54) is 5.56 Å². The Morgan fingerprint density at radius 1 is 0.826 bits per heavy atom. The lowest BCUT2D eigenvalue weighted by Crippen LogP contribution is -2.28. The van der Waals surface area contributed by atoms with Crippen molar-refractivity contribution in [3.05, 3.63) is 118 Å². The number of carbonyl (C=O) groups is 1. The molecular formula is C38H37N5O3. The van der Waals surface area contributed by atoms with Gasteiger partial charge >= 0.3 is 0 Å². The molecule has 1 saturated heterocycles. The lowest BCUT2D eigenvalue weighted by atomic mass is 9.87. The van der Waals surface area contributed by atoms with Gasteiger partial charge in [0.1, 0.15) is 23.0 Å². The van der Waals surface area contributed by atoms with E-state index in [0.29, 0.717) is 48.4 Å². The minimum atomic E-state index is -0.205. The Morgan fingerprint density at radius 3 is 2.37 bits per heavy atom.